The summed E-state index contributed by atoms with van der Waals surface area (Å²) in [6.07, 6.45) is 3.02. The van der Waals surface area contributed by atoms with E-state index >= 15 is 0 Å². The largest absolute Gasteiger partial charge is 0.349 e. The van der Waals surface area contributed by atoms with Gasteiger partial charge in [0.2, 0.25) is 0 Å². The third-order valence-electron chi connectivity index (χ3n) is 4.14. The van der Waals surface area contributed by atoms with Gasteiger partial charge >= 0.3 is 0 Å². The van der Waals surface area contributed by atoms with Gasteiger partial charge in [-0.1, -0.05) is 24.3 Å². The zero-order chi connectivity index (χ0) is 15.6. The lowest BCUT2D eigenvalue weighted by molar-refractivity contribution is 0.790. The Bertz CT molecular complexity index is 872. The van der Waals surface area contributed by atoms with Crippen LogP contribution in [-0.2, 0) is 13.0 Å². The third-order valence-corrected chi connectivity index (χ3v) is 4.14. The van der Waals surface area contributed by atoms with Gasteiger partial charge in [-0.15, -0.1) is 34.2 Å². The average Bonchev–Trinajstić information content (AvgIpc) is 3.20. The first kappa shape index (κ1) is 16.7. The fourth-order valence-electron chi connectivity index (χ4n) is 3.02. The Kier molecular flexibility index (Phi) is 4.98. The fourth-order valence-corrected chi connectivity index (χ4v) is 3.02. The van der Waals surface area contributed by atoms with E-state index in [1.807, 2.05) is 35.8 Å². The summed E-state index contributed by atoms with van der Waals surface area (Å²) in [6, 6.07) is 14.3. The van der Waals surface area contributed by atoms with Gasteiger partial charge in [0, 0.05) is 25.5 Å². The lowest BCUT2D eigenvalue weighted by Crippen LogP contribution is -2.40. The molecule has 4 rings (SSSR count). The number of hydrogen-bond acceptors (Lipinski definition) is 3. The van der Waals surface area contributed by atoms with Gasteiger partial charge in [-0.25, -0.2) is 0 Å². The highest BCUT2D eigenvalue weighted by atomic mass is 127. The number of fused-ring (bicyclic) bond motifs is 2. The zero-order valence-corrected chi connectivity index (χ0v) is 15.7. The first-order valence-electron chi connectivity index (χ1n) is 7.71. The second-order valence-electron chi connectivity index (χ2n) is 5.48. The van der Waals surface area contributed by atoms with Crippen LogP contribution in [-0.4, -0.2) is 34.2 Å². The molecule has 3 aromatic rings. The Balaban J connectivity index is 0.00000169. The van der Waals surface area contributed by atoms with Crippen LogP contribution in [0.4, 0.5) is 5.69 Å². The molecule has 0 saturated carbocycles. The number of nitrogens with zero attached hydrogens (tertiary/aromatic N) is 5. The molecule has 1 aromatic carbocycles. The summed E-state index contributed by atoms with van der Waals surface area (Å²) in [4.78, 5) is 6.64. The maximum Gasteiger partial charge on any atom is 0.198 e. The summed E-state index contributed by atoms with van der Waals surface area (Å²) in [5.74, 6) is 1.73. The van der Waals surface area contributed by atoms with Crippen molar-refractivity contribution in [3.05, 3.63) is 60.0 Å². The zero-order valence-electron chi connectivity index (χ0n) is 13.4. The Morgan fingerprint density at radius 1 is 1.17 bits per heavy atom. The number of anilines is 1. The van der Waals surface area contributed by atoms with Crippen molar-refractivity contribution in [2.75, 3.05) is 18.5 Å². The van der Waals surface area contributed by atoms with E-state index < -0.39 is 0 Å². The van der Waals surface area contributed by atoms with Crippen molar-refractivity contribution in [2.45, 2.75) is 13.0 Å². The van der Waals surface area contributed by atoms with Gasteiger partial charge in [0.15, 0.2) is 17.4 Å². The van der Waals surface area contributed by atoms with Gasteiger partial charge in [0.25, 0.3) is 0 Å². The van der Waals surface area contributed by atoms with Crippen LogP contribution in [0.25, 0.3) is 5.65 Å². The van der Waals surface area contributed by atoms with Crippen LogP contribution in [0.5, 0.6) is 0 Å². The number of aromatic nitrogens is 3. The SMILES string of the molecule is CN=C(NCc1nnc2ccccn12)N1CCc2ccccc21.I. The van der Waals surface area contributed by atoms with E-state index in [9.17, 15) is 0 Å². The van der Waals surface area contributed by atoms with Gasteiger partial charge in [-0.05, 0) is 30.2 Å². The molecular weight excluding hydrogens is 415 g/mol. The van der Waals surface area contributed by atoms with E-state index in [0.29, 0.717) is 6.54 Å². The van der Waals surface area contributed by atoms with Gasteiger partial charge in [-0.2, -0.15) is 0 Å². The second-order valence-corrected chi connectivity index (χ2v) is 5.48. The predicted octanol–water partition coefficient (Wildman–Crippen LogP) is 2.49. The molecule has 24 heavy (non-hydrogen) atoms. The fraction of sp³-hybridized carbons (Fsp3) is 0.235. The Morgan fingerprint density at radius 3 is 2.88 bits per heavy atom. The van der Waals surface area contributed by atoms with Crippen molar-refractivity contribution in [1.29, 1.82) is 0 Å². The Hall–Kier alpha value is -2.16. The number of hydrogen-bond donors (Lipinski definition) is 1. The second kappa shape index (κ2) is 7.16. The molecular formula is C17H19IN6. The molecule has 0 saturated heterocycles. The number of halogens is 1. The molecule has 124 valence electrons. The van der Waals surface area contributed by atoms with E-state index in [1.54, 1.807) is 0 Å². The van der Waals surface area contributed by atoms with Gasteiger partial charge in [0.1, 0.15) is 0 Å². The van der Waals surface area contributed by atoms with Crippen LogP contribution in [0, 0.1) is 0 Å². The number of rotatable bonds is 2. The molecule has 0 bridgehead atoms. The minimum absolute atomic E-state index is 0. The third kappa shape index (κ3) is 2.95. The van der Waals surface area contributed by atoms with E-state index in [1.165, 1.54) is 11.3 Å². The molecule has 6 nitrogen and oxygen atoms in total. The summed E-state index contributed by atoms with van der Waals surface area (Å²) < 4.78 is 1.98. The van der Waals surface area contributed by atoms with Crippen LogP contribution in [0.2, 0.25) is 0 Å². The molecule has 0 amide bonds. The number of guanidine groups is 1. The lowest BCUT2D eigenvalue weighted by Gasteiger charge is -2.22. The number of para-hydroxylation sites is 1. The molecule has 0 atom stereocenters. The molecule has 0 fully saturated rings. The van der Waals surface area contributed by atoms with Gasteiger partial charge in [-0.3, -0.25) is 9.39 Å². The first-order chi connectivity index (χ1) is 11.4. The monoisotopic (exact) mass is 434 g/mol. The molecule has 0 radical (unpaired) electrons. The van der Waals surface area contributed by atoms with Crippen molar-refractivity contribution >= 4 is 41.3 Å². The Morgan fingerprint density at radius 2 is 2.00 bits per heavy atom. The number of aliphatic imine (C=N–C) groups is 1. The number of pyridine rings is 1. The van der Waals surface area contributed by atoms with E-state index in [-0.39, 0.29) is 24.0 Å². The first-order valence-corrected chi connectivity index (χ1v) is 7.71. The predicted molar refractivity (Wildman–Crippen MR) is 106 cm³/mol. The quantitative estimate of drug-likeness (QED) is 0.383. The van der Waals surface area contributed by atoms with Crippen LogP contribution in [0.15, 0.2) is 53.7 Å². The molecule has 3 heterocycles. The average molecular weight is 434 g/mol. The summed E-state index contributed by atoms with van der Waals surface area (Å²) in [7, 11) is 1.81. The normalized spacial score (nSPS) is 13.7. The maximum absolute atomic E-state index is 4.42. The molecule has 2 aromatic heterocycles. The van der Waals surface area contributed by atoms with Crippen LogP contribution < -0.4 is 10.2 Å². The number of nitrogens with one attached hydrogen (secondary N) is 1. The minimum Gasteiger partial charge on any atom is -0.349 e. The molecule has 1 aliphatic heterocycles. The van der Waals surface area contributed by atoms with Crippen molar-refractivity contribution in [1.82, 2.24) is 19.9 Å². The minimum atomic E-state index is 0. The molecule has 1 N–H and O–H groups in total. The van der Waals surface area contributed by atoms with Crippen molar-refractivity contribution in [3.8, 4) is 0 Å². The molecule has 7 heteroatoms. The Labute approximate surface area is 157 Å². The van der Waals surface area contributed by atoms with Crippen LogP contribution >= 0.6 is 24.0 Å². The lowest BCUT2D eigenvalue weighted by atomic mass is 10.2. The summed E-state index contributed by atoms with van der Waals surface area (Å²) in [5.41, 5.74) is 3.45. The van der Waals surface area contributed by atoms with Crippen molar-refractivity contribution in [2.24, 2.45) is 4.99 Å². The standard InChI is InChI=1S/C17H18N6.HI/c1-18-17(22-11-9-13-6-2-3-7-14(13)22)19-12-16-21-20-15-8-4-5-10-23(15)16;/h2-8,10H,9,11-12H2,1H3,(H,18,19);1H. The molecule has 1 aliphatic rings. The topological polar surface area (TPSA) is 57.8 Å². The highest BCUT2D eigenvalue weighted by Crippen LogP contribution is 2.27. The van der Waals surface area contributed by atoms with Crippen molar-refractivity contribution in [3.63, 3.8) is 0 Å². The molecule has 0 aliphatic carbocycles. The maximum atomic E-state index is 4.42. The van der Waals surface area contributed by atoms with Gasteiger partial charge in [0.05, 0.1) is 6.54 Å². The van der Waals surface area contributed by atoms with E-state index in [2.05, 4.69) is 49.7 Å². The molecule has 0 spiro atoms. The summed E-state index contributed by atoms with van der Waals surface area (Å²) in [6.45, 7) is 1.52. The van der Waals surface area contributed by atoms with Crippen molar-refractivity contribution < 1.29 is 0 Å². The smallest absolute Gasteiger partial charge is 0.198 e. The van der Waals surface area contributed by atoms with E-state index in [0.717, 1.165) is 30.4 Å². The molecule has 0 unspecified atom stereocenters. The van der Waals surface area contributed by atoms with Crippen LogP contribution in [0.1, 0.15) is 11.4 Å². The number of benzene rings is 1. The van der Waals surface area contributed by atoms with E-state index in [4.69, 9.17) is 0 Å². The highest BCUT2D eigenvalue weighted by Gasteiger charge is 2.22. The highest BCUT2D eigenvalue weighted by molar-refractivity contribution is 14.0. The summed E-state index contributed by atoms with van der Waals surface area (Å²) in [5, 5.41) is 11.8. The van der Waals surface area contributed by atoms with Gasteiger partial charge < -0.3 is 10.2 Å². The van der Waals surface area contributed by atoms with Crippen LogP contribution in [0.3, 0.4) is 0 Å². The summed E-state index contributed by atoms with van der Waals surface area (Å²) >= 11 is 0.